The van der Waals surface area contributed by atoms with Crippen LogP contribution in [0, 0.1) is 0 Å². The van der Waals surface area contributed by atoms with Crippen molar-refractivity contribution in [2.75, 3.05) is 0 Å². The van der Waals surface area contributed by atoms with Gasteiger partial charge in [-0.3, -0.25) is 0 Å². The SMILES string of the molecule is c1ccc(-c2cc(-c3ccccc3)nc(-c3cccc(-c4cccc(-c5c(-c6ccccc6)n6ncc(-c7ccccc7)c6c6ccccc56)c4)c3)n2)cc1. The average Bonchev–Trinajstić information content (AvgIpc) is 3.72. The first-order valence-corrected chi connectivity index (χ1v) is 18.5. The molecule has 3 aromatic heterocycles. The van der Waals surface area contributed by atoms with Crippen molar-refractivity contribution < 1.29 is 0 Å². The summed E-state index contributed by atoms with van der Waals surface area (Å²) in [5, 5.41) is 7.43. The third-order valence-corrected chi connectivity index (χ3v) is 10.3. The molecule has 3 heterocycles. The Morgan fingerprint density at radius 2 is 0.800 bits per heavy atom. The molecule has 0 aliphatic heterocycles. The minimum Gasteiger partial charge on any atom is -0.231 e. The lowest BCUT2D eigenvalue weighted by molar-refractivity contribution is 0.976. The number of fused-ring (bicyclic) bond motifs is 3. The minimum absolute atomic E-state index is 0.689. The van der Waals surface area contributed by atoms with E-state index in [2.05, 4.69) is 168 Å². The number of rotatable bonds is 7. The van der Waals surface area contributed by atoms with E-state index in [1.165, 1.54) is 5.39 Å². The lowest BCUT2D eigenvalue weighted by Gasteiger charge is -2.18. The van der Waals surface area contributed by atoms with Crippen LogP contribution < -0.4 is 0 Å². The van der Waals surface area contributed by atoms with Crippen LogP contribution in [0.25, 0.3) is 94.8 Å². The van der Waals surface area contributed by atoms with Crippen molar-refractivity contribution in [3.8, 4) is 78.5 Å². The van der Waals surface area contributed by atoms with Crippen LogP contribution in [0.4, 0.5) is 0 Å². The second kappa shape index (κ2) is 13.8. The van der Waals surface area contributed by atoms with Crippen LogP contribution in [-0.2, 0) is 0 Å². The molecule has 0 fully saturated rings. The fraction of sp³-hybridized carbons (Fsp3) is 0. The number of nitrogens with zero attached hydrogens (tertiary/aromatic N) is 4. The van der Waals surface area contributed by atoms with Gasteiger partial charge in [0.1, 0.15) is 0 Å². The van der Waals surface area contributed by atoms with E-state index in [0.29, 0.717) is 5.82 Å². The standard InChI is InChI=1S/C51H34N4/c1-5-17-35(18-6-1)45-34-52-55-49(38-23-11-4-12-24-38)48(43-29-13-14-30-44(43)50(45)55)41-27-15-25-39(31-41)40-26-16-28-42(32-40)51-53-46(36-19-7-2-8-20-36)33-47(54-51)37-21-9-3-10-22-37/h1-34H. The third kappa shape index (κ3) is 5.96. The van der Waals surface area contributed by atoms with Crippen LogP contribution >= 0.6 is 0 Å². The lowest BCUT2D eigenvalue weighted by atomic mass is 9.90. The number of benzene rings is 7. The normalized spacial score (nSPS) is 11.3. The highest BCUT2D eigenvalue weighted by Gasteiger charge is 2.22. The largest absolute Gasteiger partial charge is 0.231 e. The summed E-state index contributed by atoms with van der Waals surface area (Å²) in [6, 6.07) is 70.0. The fourth-order valence-corrected chi connectivity index (χ4v) is 7.68. The van der Waals surface area contributed by atoms with Crippen molar-refractivity contribution >= 4 is 16.3 Å². The van der Waals surface area contributed by atoms with Gasteiger partial charge in [-0.1, -0.05) is 182 Å². The molecular formula is C51H34N4. The molecule has 0 unspecified atom stereocenters. The van der Waals surface area contributed by atoms with Crippen molar-refractivity contribution in [3.63, 3.8) is 0 Å². The topological polar surface area (TPSA) is 43.1 Å². The zero-order valence-corrected chi connectivity index (χ0v) is 29.9. The van der Waals surface area contributed by atoms with Gasteiger partial charge in [0.25, 0.3) is 0 Å². The van der Waals surface area contributed by atoms with Gasteiger partial charge in [-0.05, 0) is 45.8 Å². The molecule has 0 atom stereocenters. The molecule has 10 rings (SSSR count). The molecule has 4 nitrogen and oxygen atoms in total. The van der Waals surface area contributed by atoms with Gasteiger partial charge < -0.3 is 0 Å². The highest BCUT2D eigenvalue weighted by atomic mass is 15.2. The number of hydrogen-bond acceptors (Lipinski definition) is 3. The molecule has 0 aliphatic carbocycles. The van der Waals surface area contributed by atoms with E-state index < -0.39 is 0 Å². The van der Waals surface area contributed by atoms with Crippen LogP contribution in [0.5, 0.6) is 0 Å². The highest BCUT2D eigenvalue weighted by molar-refractivity contribution is 6.13. The summed E-state index contributed by atoms with van der Waals surface area (Å²) in [5.74, 6) is 0.689. The summed E-state index contributed by atoms with van der Waals surface area (Å²) in [7, 11) is 0. The van der Waals surface area contributed by atoms with Crippen LogP contribution in [0.3, 0.4) is 0 Å². The Morgan fingerprint density at radius 1 is 0.345 bits per heavy atom. The second-order valence-corrected chi connectivity index (χ2v) is 13.7. The average molecular weight is 703 g/mol. The number of hydrogen-bond donors (Lipinski definition) is 0. The van der Waals surface area contributed by atoms with Gasteiger partial charge in [-0.25, -0.2) is 14.5 Å². The van der Waals surface area contributed by atoms with Gasteiger partial charge in [0.15, 0.2) is 5.82 Å². The smallest absolute Gasteiger partial charge is 0.160 e. The fourth-order valence-electron chi connectivity index (χ4n) is 7.68. The van der Waals surface area contributed by atoms with E-state index in [-0.39, 0.29) is 0 Å². The van der Waals surface area contributed by atoms with Crippen molar-refractivity contribution in [2.45, 2.75) is 0 Å². The van der Waals surface area contributed by atoms with Crippen LogP contribution in [0.2, 0.25) is 0 Å². The van der Waals surface area contributed by atoms with Gasteiger partial charge in [0.2, 0.25) is 0 Å². The van der Waals surface area contributed by atoms with Crippen molar-refractivity contribution in [3.05, 3.63) is 206 Å². The van der Waals surface area contributed by atoms with Crippen LogP contribution in [0.1, 0.15) is 0 Å². The Bertz CT molecular complexity index is 2900. The summed E-state index contributed by atoms with van der Waals surface area (Å²) in [6.07, 6.45) is 2.01. The van der Waals surface area contributed by atoms with Crippen LogP contribution in [-0.4, -0.2) is 19.6 Å². The minimum atomic E-state index is 0.689. The first-order valence-electron chi connectivity index (χ1n) is 18.5. The first-order chi connectivity index (χ1) is 27.3. The van der Waals surface area contributed by atoms with Crippen LogP contribution in [0.15, 0.2) is 206 Å². The summed E-state index contributed by atoms with van der Waals surface area (Å²) >= 11 is 0. The molecular weight excluding hydrogens is 669 g/mol. The maximum Gasteiger partial charge on any atom is 0.160 e. The summed E-state index contributed by atoms with van der Waals surface area (Å²) in [4.78, 5) is 10.2. The molecule has 258 valence electrons. The summed E-state index contributed by atoms with van der Waals surface area (Å²) in [6.45, 7) is 0. The maximum absolute atomic E-state index is 5.11. The van der Waals surface area contributed by atoms with E-state index in [1.54, 1.807) is 0 Å². The number of pyridine rings is 1. The van der Waals surface area contributed by atoms with E-state index in [1.807, 2.05) is 42.6 Å². The maximum atomic E-state index is 5.11. The van der Waals surface area contributed by atoms with Gasteiger partial charge in [0.05, 0.1) is 28.8 Å². The lowest BCUT2D eigenvalue weighted by Crippen LogP contribution is -2.00. The molecule has 0 aliphatic rings. The predicted octanol–water partition coefficient (Wildman–Crippen LogP) is 12.9. The Kier molecular flexibility index (Phi) is 8.12. The zero-order valence-electron chi connectivity index (χ0n) is 29.9. The highest BCUT2D eigenvalue weighted by Crippen LogP contribution is 2.43. The molecule has 0 bridgehead atoms. The molecule has 55 heavy (non-hydrogen) atoms. The summed E-state index contributed by atoms with van der Waals surface area (Å²) < 4.78 is 2.14. The van der Waals surface area contributed by atoms with E-state index >= 15 is 0 Å². The molecule has 0 spiro atoms. The third-order valence-electron chi connectivity index (χ3n) is 10.3. The molecule has 4 heteroatoms. The molecule has 0 saturated carbocycles. The van der Waals surface area contributed by atoms with E-state index in [4.69, 9.17) is 15.1 Å². The number of aromatic nitrogens is 4. The monoisotopic (exact) mass is 702 g/mol. The molecule has 0 amide bonds. The Hall–Kier alpha value is -7.43. The van der Waals surface area contributed by atoms with Gasteiger partial charge in [-0.2, -0.15) is 5.10 Å². The van der Waals surface area contributed by atoms with Crippen molar-refractivity contribution in [2.24, 2.45) is 0 Å². The molecule has 10 aromatic rings. The molecule has 7 aromatic carbocycles. The zero-order chi connectivity index (χ0) is 36.6. The Labute approximate surface area is 319 Å². The quantitative estimate of drug-likeness (QED) is 0.166. The van der Waals surface area contributed by atoms with E-state index in [9.17, 15) is 0 Å². The van der Waals surface area contributed by atoms with Gasteiger partial charge in [-0.15, -0.1) is 0 Å². The Morgan fingerprint density at radius 3 is 1.40 bits per heavy atom. The molecule has 0 saturated heterocycles. The van der Waals surface area contributed by atoms with Crippen molar-refractivity contribution in [1.29, 1.82) is 0 Å². The van der Waals surface area contributed by atoms with Gasteiger partial charge in [0, 0.05) is 38.8 Å². The van der Waals surface area contributed by atoms with Crippen molar-refractivity contribution in [1.82, 2.24) is 19.6 Å². The summed E-state index contributed by atoms with van der Waals surface area (Å²) in [5.41, 5.74) is 14.8. The first kappa shape index (κ1) is 32.2. The van der Waals surface area contributed by atoms with Gasteiger partial charge >= 0.3 is 0 Å². The van der Waals surface area contributed by atoms with E-state index in [0.717, 1.165) is 83.6 Å². The molecule has 0 radical (unpaired) electrons. The molecule has 0 N–H and O–H groups in total. The second-order valence-electron chi connectivity index (χ2n) is 13.7. The Balaban J connectivity index is 1.15. The predicted molar refractivity (Wildman–Crippen MR) is 226 cm³/mol.